The Morgan fingerprint density at radius 2 is 1.73 bits per heavy atom. The van der Waals surface area contributed by atoms with E-state index in [1.54, 1.807) is 29.2 Å². The third-order valence-corrected chi connectivity index (χ3v) is 7.57. The van der Waals surface area contributed by atoms with E-state index in [0.717, 1.165) is 22.3 Å². The summed E-state index contributed by atoms with van der Waals surface area (Å²) in [6.45, 7) is 7.10. The Bertz CT molecular complexity index is 1140. The number of aromatic nitrogens is 1. The van der Waals surface area contributed by atoms with Gasteiger partial charge in [0.05, 0.1) is 9.60 Å². The molecular weight excluding hydrogens is 486 g/mol. The van der Waals surface area contributed by atoms with Crippen LogP contribution in [0, 0.1) is 0 Å². The van der Waals surface area contributed by atoms with Crippen molar-refractivity contribution in [1.29, 1.82) is 0 Å². The largest absolute Gasteiger partial charge is 0.302 e. The number of para-hydroxylation sites is 1. The van der Waals surface area contributed by atoms with Crippen LogP contribution >= 0.6 is 27.3 Å². The molecule has 0 aliphatic carbocycles. The number of amides is 1. The molecule has 30 heavy (non-hydrogen) atoms. The molecule has 0 aliphatic heterocycles. The van der Waals surface area contributed by atoms with Crippen LogP contribution in [-0.4, -0.2) is 56.6 Å². The summed E-state index contributed by atoms with van der Waals surface area (Å²) in [5.74, 6) is -0.158. The number of thiazole rings is 1. The Morgan fingerprint density at radius 3 is 2.33 bits per heavy atom. The van der Waals surface area contributed by atoms with E-state index in [2.05, 4.69) is 39.7 Å². The van der Waals surface area contributed by atoms with Gasteiger partial charge in [0.2, 0.25) is 0 Å². The standard InChI is InChI=1S/C21H24BrN3O3S2/c1-4-24(5-2)13-14-25(20(26)15-9-11-16(22)12-10-15)21-23-19-17(29-21)7-6-8-18(19)30(3,27)28/h6-12H,4-5,13-14H2,1-3H3. The first-order chi connectivity index (χ1) is 14.2. The van der Waals surface area contributed by atoms with Gasteiger partial charge in [-0.3, -0.25) is 9.69 Å². The van der Waals surface area contributed by atoms with Gasteiger partial charge < -0.3 is 4.90 Å². The van der Waals surface area contributed by atoms with Gasteiger partial charge in [-0.1, -0.05) is 47.2 Å². The maximum absolute atomic E-state index is 13.3. The molecular formula is C21H24BrN3O3S2. The maximum Gasteiger partial charge on any atom is 0.260 e. The zero-order valence-electron chi connectivity index (χ0n) is 17.1. The van der Waals surface area contributed by atoms with E-state index < -0.39 is 9.84 Å². The number of sulfone groups is 1. The fourth-order valence-electron chi connectivity index (χ4n) is 3.14. The zero-order chi connectivity index (χ0) is 21.9. The smallest absolute Gasteiger partial charge is 0.260 e. The molecule has 0 atom stereocenters. The van der Waals surface area contributed by atoms with Gasteiger partial charge in [0.1, 0.15) is 5.52 Å². The summed E-state index contributed by atoms with van der Waals surface area (Å²) in [5, 5.41) is 0.501. The van der Waals surface area contributed by atoms with Gasteiger partial charge in [-0.05, 0) is 49.5 Å². The summed E-state index contributed by atoms with van der Waals surface area (Å²) in [5.41, 5.74) is 0.969. The molecule has 160 valence electrons. The lowest BCUT2D eigenvalue weighted by Gasteiger charge is -2.24. The molecule has 0 saturated carbocycles. The number of hydrogen-bond acceptors (Lipinski definition) is 6. The van der Waals surface area contributed by atoms with Crippen LogP contribution in [0.3, 0.4) is 0 Å². The molecule has 0 fully saturated rings. The summed E-state index contributed by atoms with van der Waals surface area (Å²) in [6, 6.07) is 12.3. The molecule has 0 unspecified atom stereocenters. The highest BCUT2D eigenvalue weighted by Gasteiger charge is 2.24. The lowest BCUT2D eigenvalue weighted by Crippen LogP contribution is -2.38. The minimum atomic E-state index is -3.43. The fourth-order valence-corrected chi connectivity index (χ4v) is 5.32. The number of benzene rings is 2. The van der Waals surface area contributed by atoms with Gasteiger partial charge in [-0.25, -0.2) is 13.4 Å². The molecule has 0 saturated heterocycles. The number of nitrogens with zero attached hydrogens (tertiary/aromatic N) is 3. The molecule has 3 rings (SSSR count). The Kier molecular flexibility index (Phi) is 7.28. The van der Waals surface area contributed by atoms with Crippen molar-refractivity contribution in [2.75, 3.05) is 37.3 Å². The third-order valence-electron chi connectivity index (χ3n) is 4.87. The normalized spacial score (nSPS) is 11.9. The number of fused-ring (bicyclic) bond motifs is 1. The molecule has 2 aromatic carbocycles. The number of halogens is 1. The molecule has 9 heteroatoms. The average molecular weight is 510 g/mol. The number of anilines is 1. The summed E-state index contributed by atoms with van der Waals surface area (Å²) in [6.07, 6.45) is 1.17. The molecule has 0 radical (unpaired) electrons. The Labute approximate surface area is 189 Å². The highest BCUT2D eigenvalue weighted by Crippen LogP contribution is 2.33. The molecule has 0 spiro atoms. The molecule has 1 amide bonds. The topological polar surface area (TPSA) is 70.6 Å². The number of rotatable bonds is 8. The van der Waals surface area contributed by atoms with E-state index in [1.165, 1.54) is 17.6 Å². The first-order valence-electron chi connectivity index (χ1n) is 9.64. The number of carbonyl (C=O) groups excluding carboxylic acids is 1. The van der Waals surface area contributed by atoms with Crippen molar-refractivity contribution in [3.63, 3.8) is 0 Å². The highest BCUT2D eigenvalue weighted by atomic mass is 79.9. The van der Waals surface area contributed by atoms with Gasteiger partial charge in [-0.15, -0.1) is 0 Å². The maximum atomic E-state index is 13.3. The van der Waals surface area contributed by atoms with Crippen molar-refractivity contribution in [2.45, 2.75) is 18.7 Å². The molecule has 0 aliphatic rings. The van der Waals surface area contributed by atoms with E-state index in [-0.39, 0.29) is 10.8 Å². The summed E-state index contributed by atoms with van der Waals surface area (Å²) >= 11 is 4.73. The number of likely N-dealkylation sites (N-methyl/N-ethyl adjacent to an activating group) is 1. The van der Waals surface area contributed by atoms with Crippen molar-refractivity contribution in [3.8, 4) is 0 Å². The molecule has 6 nitrogen and oxygen atoms in total. The molecule has 0 bridgehead atoms. The van der Waals surface area contributed by atoms with Gasteiger partial charge >= 0.3 is 0 Å². The molecule has 1 heterocycles. The van der Waals surface area contributed by atoms with E-state index in [4.69, 9.17) is 0 Å². The van der Waals surface area contributed by atoms with Gasteiger partial charge in [-0.2, -0.15) is 0 Å². The van der Waals surface area contributed by atoms with E-state index in [0.29, 0.717) is 29.3 Å². The lowest BCUT2D eigenvalue weighted by molar-refractivity contribution is 0.0983. The zero-order valence-corrected chi connectivity index (χ0v) is 20.3. The quantitative estimate of drug-likeness (QED) is 0.448. The van der Waals surface area contributed by atoms with Crippen molar-refractivity contribution in [3.05, 3.63) is 52.5 Å². The number of carbonyl (C=O) groups is 1. The van der Waals surface area contributed by atoms with Crippen molar-refractivity contribution >= 4 is 58.4 Å². The van der Waals surface area contributed by atoms with Crippen LogP contribution in [0.25, 0.3) is 10.2 Å². The lowest BCUT2D eigenvalue weighted by atomic mass is 10.2. The van der Waals surface area contributed by atoms with Crippen LogP contribution in [0.2, 0.25) is 0 Å². The molecule has 3 aromatic rings. The highest BCUT2D eigenvalue weighted by molar-refractivity contribution is 9.10. The second-order valence-electron chi connectivity index (χ2n) is 6.86. The second-order valence-corrected chi connectivity index (χ2v) is 10.8. The summed E-state index contributed by atoms with van der Waals surface area (Å²) in [4.78, 5) is 22.0. The minimum Gasteiger partial charge on any atom is -0.302 e. The van der Waals surface area contributed by atoms with Crippen LogP contribution in [0.5, 0.6) is 0 Å². The van der Waals surface area contributed by atoms with Gasteiger partial charge in [0.15, 0.2) is 15.0 Å². The average Bonchev–Trinajstić information content (AvgIpc) is 3.14. The number of hydrogen-bond donors (Lipinski definition) is 0. The summed E-state index contributed by atoms with van der Waals surface area (Å²) < 4.78 is 26.0. The fraction of sp³-hybridized carbons (Fsp3) is 0.333. The van der Waals surface area contributed by atoms with Crippen LogP contribution in [0.15, 0.2) is 51.8 Å². The minimum absolute atomic E-state index is 0.158. The van der Waals surface area contributed by atoms with Gasteiger partial charge in [0, 0.05) is 29.4 Å². The predicted octanol–water partition coefficient (Wildman–Crippen LogP) is 4.45. The Hall–Kier alpha value is -1.81. The second kappa shape index (κ2) is 9.55. The molecule has 1 aromatic heterocycles. The predicted molar refractivity (Wildman–Crippen MR) is 126 cm³/mol. The van der Waals surface area contributed by atoms with Crippen molar-refractivity contribution in [1.82, 2.24) is 9.88 Å². The Balaban J connectivity index is 2.05. The SMILES string of the molecule is CCN(CC)CCN(C(=O)c1ccc(Br)cc1)c1nc2c(S(C)(=O)=O)cccc2s1. The Morgan fingerprint density at radius 1 is 1.07 bits per heavy atom. The van der Waals surface area contributed by atoms with Crippen LogP contribution in [0.1, 0.15) is 24.2 Å². The molecule has 0 N–H and O–H groups in total. The van der Waals surface area contributed by atoms with Gasteiger partial charge in [0.25, 0.3) is 5.91 Å². The van der Waals surface area contributed by atoms with Crippen LogP contribution in [0.4, 0.5) is 5.13 Å². The van der Waals surface area contributed by atoms with Crippen molar-refractivity contribution in [2.24, 2.45) is 0 Å². The first kappa shape index (κ1) is 22.9. The summed E-state index contributed by atoms with van der Waals surface area (Å²) in [7, 11) is -3.43. The third kappa shape index (κ3) is 5.08. The van der Waals surface area contributed by atoms with Crippen LogP contribution in [-0.2, 0) is 9.84 Å². The van der Waals surface area contributed by atoms with Crippen LogP contribution < -0.4 is 4.90 Å². The van der Waals surface area contributed by atoms with E-state index in [1.807, 2.05) is 18.2 Å². The van der Waals surface area contributed by atoms with E-state index >= 15 is 0 Å². The van der Waals surface area contributed by atoms with E-state index in [9.17, 15) is 13.2 Å². The first-order valence-corrected chi connectivity index (χ1v) is 13.1. The monoisotopic (exact) mass is 509 g/mol. The van der Waals surface area contributed by atoms with Crippen molar-refractivity contribution < 1.29 is 13.2 Å².